The number of carbonyl (C=O) groups is 1. The van der Waals surface area contributed by atoms with Crippen LogP contribution in [-0.4, -0.2) is 23.9 Å². The zero-order valence-corrected chi connectivity index (χ0v) is 10.5. The van der Waals surface area contributed by atoms with E-state index >= 15 is 0 Å². The molecule has 1 aliphatic rings. The lowest BCUT2D eigenvalue weighted by atomic mass is 9.79. The fourth-order valence-corrected chi connectivity index (χ4v) is 2.07. The van der Waals surface area contributed by atoms with E-state index in [0.717, 1.165) is 11.3 Å². The van der Waals surface area contributed by atoms with Gasteiger partial charge in [-0.2, -0.15) is 0 Å². The van der Waals surface area contributed by atoms with Crippen LogP contribution in [-0.2, 0) is 10.2 Å². The summed E-state index contributed by atoms with van der Waals surface area (Å²) in [4.78, 5) is 10.8. The summed E-state index contributed by atoms with van der Waals surface area (Å²) in [6.07, 6.45) is 0.363. The summed E-state index contributed by atoms with van der Waals surface area (Å²) >= 11 is 0. The minimum Gasteiger partial charge on any atom is -0.480 e. The van der Waals surface area contributed by atoms with Crippen molar-refractivity contribution in [3.05, 3.63) is 23.8 Å². The van der Waals surface area contributed by atoms with E-state index in [4.69, 9.17) is 20.3 Å². The largest absolute Gasteiger partial charge is 0.480 e. The Morgan fingerprint density at radius 1 is 1.44 bits per heavy atom. The average molecular weight is 251 g/mol. The second kappa shape index (κ2) is 4.49. The van der Waals surface area contributed by atoms with E-state index in [1.54, 1.807) is 0 Å². The molecule has 0 aromatic heterocycles. The normalized spacial score (nSPS) is 15.5. The first-order valence-electron chi connectivity index (χ1n) is 5.79. The number of fused-ring (bicyclic) bond motifs is 1. The molecular formula is C13H17NO4. The predicted molar refractivity (Wildman–Crippen MR) is 65.8 cm³/mol. The van der Waals surface area contributed by atoms with Gasteiger partial charge in [0, 0.05) is 0 Å². The highest BCUT2D eigenvalue weighted by Crippen LogP contribution is 2.37. The predicted octanol–water partition coefficient (Wildman–Crippen LogP) is 1.49. The zero-order chi connectivity index (χ0) is 13.3. The molecule has 0 saturated heterocycles. The third-order valence-electron chi connectivity index (χ3n) is 3.20. The van der Waals surface area contributed by atoms with Crippen molar-refractivity contribution < 1.29 is 19.4 Å². The number of carboxylic acids is 1. The lowest BCUT2D eigenvalue weighted by Gasteiger charge is -2.27. The summed E-state index contributed by atoms with van der Waals surface area (Å²) in [6, 6.07) is 4.77. The van der Waals surface area contributed by atoms with Gasteiger partial charge in [-0.05, 0) is 29.5 Å². The van der Waals surface area contributed by atoms with Gasteiger partial charge in [-0.15, -0.1) is 0 Å². The van der Waals surface area contributed by atoms with Crippen LogP contribution in [0.4, 0.5) is 0 Å². The lowest BCUT2D eigenvalue weighted by Crippen LogP contribution is -2.36. The molecule has 1 aliphatic heterocycles. The average Bonchev–Trinajstić information content (AvgIpc) is 2.74. The first kappa shape index (κ1) is 12.7. The molecule has 0 amide bonds. The summed E-state index contributed by atoms with van der Waals surface area (Å²) in [7, 11) is 0. The van der Waals surface area contributed by atoms with Gasteiger partial charge < -0.3 is 20.3 Å². The number of aliphatic carboxylic acids is 1. The highest BCUT2D eigenvalue weighted by atomic mass is 16.7. The smallest absolute Gasteiger partial charge is 0.320 e. The van der Waals surface area contributed by atoms with E-state index in [-0.39, 0.29) is 12.2 Å². The molecule has 0 saturated carbocycles. The number of carboxylic acid groups (broad SMARTS) is 1. The van der Waals surface area contributed by atoms with Crippen LogP contribution in [0.1, 0.15) is 25.8 Å². The molecule has 1 heterocycles. The van der Waals surface area contributed by atoms with Gasteiger partial charge in [0.1, 0.15) is 6.04 Å². The maximum atomic E-state index is 10.8. The number of hydrogen-bond acceptors (Lipinski definition) is 4. The Kier molecular flexibility index (Phi) is 3.17. The van der Waals surface area contributed by atoms with Crippen LogP contribution < -0.4 is 15.2 Å². The fraction of sp³-hybridized carbons (Fsp3) is 0.462. The van der Waals surface area contributed by atoms with Crippen molar-refractivity contribution in [2.75, 3.05) is 6.79 Å². The van der Waals surface area contributed by atoms with Gasteiger partial charge in [-0.3, -0.25) is 4.79 Å². The first-order valence-corrected chi connectivity index (χ1v) is 5.79. The Morgan fingerprint density at radius 2 is 2.11 bits per heavy atom. The first-order chi connectivity index (χ1) is 8.40. The summed E-state index contributed by atoms with van der Waals surface area (Å²) in [6.45, 7) is 4.16. The molecule has 1 aromatic rings. The van der Waals surface area contributed by atoms with E-state index < -0.39 is 12.0 Å². The number of rotatable bonds is 4. The molecule has 0 aliphatic carbocycles. The molecule has 18 heavy (non-hydrogen) atoms. The minimum atomic E-state index is -0.983. The molecule has 5 heteroatoms. The summed E-state index contributed by atoms with van der Waals surface area (Å²) in [5.41, 5.74) is 6.25. The number of ether oxygens (including phenoxy) is 2. The van der Waals surface area contributed by atoms with E-state index in [1.807, 2.05) is 32.0 Å². The second-order valence-corrected chi connectivity index (χ2v) is 5.10. The van der Waals surface area contributed by atoms with Crippen LogP contribution in [0.3, 0.4) is 0 Å². The third-order valence-corrected chi connectivity index (χ3v) is 3.20. The van der Waals surface area contributed by atoms with Crippen LogP contribution in [0.5, 0.6) is 11.5 Å². The molecule has 1 unspecified atom stereocenters. The number of nitrogens with two attached hydrogens (primary N) is 1. The Hall–Kier alpha value is -1.75. The van der Waals surface area contributed by atoms with Gasteiger partial charge in [0.15, 0.2) is 11.5 Å². The third kappa shape index (κ3) is 2.41. The molecule has 98 valence electrons. The quantitative estimate of drug-likeness (QED) is 0.847. The van der Waals surface area contributed by atoms with Gasteiger partial charge in [0.05, 0.1) is 0 Å². The summed E-state index contributed by atoms with van der Waals surface area (Å²) in [5, 5.41) is 8.88. The highest BCUT2D eigenvalue weighted by Gasteiger charge is 2.28. The second-order valence-electron chi connectivity index (χ2n) is 5.10. The molecule has 1 aromatic carbocycles. The van der Waals surface area contributed by atoms with Crippen LogP contribution in [0.2, 0.25) is 0 Å². The van der Waals surface area contributed by atoms with E-state index in [9.17, 15) is 4.79 Å². The molecule has 3 N–H and O–H groups in total. The Morgan fingerprint density at radius 3 is 2.78 bits per heavy atom. The lowest BCUT2D eigenvalue weighted by molar-refractivity contribution is -0.139. The van der Waals surface area contributed by atoms with Crippen molar-refractivity contribution in [1.29, 1.82) is 0 Å². The van der Waals surface area contributed by atoms with Crippen molar-refractivity contribution >= 4 is 5.97 Å². The molecule has 0 bridgehead atoms. The standard InChI is InChI=1S/C13H17NO4/c1-13(2,6-9(14)12(15)16)8-3-4-10-11(5-8)18-7-17-10/h3-5,9H,6-7,14H2,1-2H3,(H,15,16). The topological polar surface area (TPSA) is 81.8 Å². The number of hydrogen-bond donors (Lipinski definition) is 2. The van der Waals surface area contributed by atoms with Crippen LogP contribution in [0, 0.1) is 0 Å². The molecule has 0 spiro atoms. The molecule has 0 radical (unpaired) electrons. The molecule has 1 atom stereocenters. The van der Waals surface area contributed by atoms with Gasteiger partial charge >= 0.3 is 5.97 Å². The molecule has 5 nitrogen and oxygen atoms in total. The van der Waals surface area contributed by atoms with Crippen molar-refractivity contribution in [2.45, 2.75) is 31.7 Å². The van der Waals surface area contributed by atoms with Crippen molar-refractivity contribution in [3.8, 4) is 11.5 Å². The summed E-state index contributed by atoms with van der Waals surface area (Å²) in [5.74, 6) is 0.436. The van der Waals surface area contributed by atoms with Gasteiger partial charge in [0.2, 0.25) is 6.79 Å². The van der Waals surface area contributed by atoms with E-state index in [1.165, 1.54) is 0 Å². The van der Waals surface area contributed by atoms with Crippen LogP contribution in [0.15, 0.2) is 18.2 Å². The molecule has 0 fully saturated rings. The minimum absolute atomic E-state index is 0.230. The van der Waals surface area contributed by atoms with Crippen molar-refractivity contribution in [1.82, 2.24) is 0 Å². The van der Waals surface area contributed by atoms with E-state index in [2.05, 4.69) is 0 Å². The fourth-order valence-electron chi connectivity index (χ4n) is 2.07. The number of benzene rings is 1. The maximum Gasteiger partial charge on any atom is 0.320 e. The Bertz CT molecular complexity index is 470. The van der Waals surface area contributed by atoms with Gasteiger partial charge in [-0.1, -0.05) is 19.9 Å². The van der Waals surface area contributed by atoms with Gasteiger partial charge in [0.25, 0.3) is 0 Å². The molecular weight excluding hydrogens is 234 g/mol. The van der Waals surface area contributed by atoms with Crippen molar-refractivity contribution in [3.63, 3.8) is 0 Å². The maximum absolute atomic E-state index is 10.8. The van der Waals surface area contributed by atoms with Crippen LogP contribution in [0.25, 0.3) is 0 Å². The monoisotopic (exact) mass is 251 g/mol. The highest BCUT2D eigenvalue weighted by molar-refractivity contribution is 5.73. The van der Waals surface area contributed by atoms with Crippen LogP contribution >= 0.6 is 0 Å². The Balaban J connectivity index is 2.21. The Labute approximate surface area is 106 Å². The SMILES string of the molecule is CC(C)(CC(N)C(=O)O)c1ccc2c(c1)OCO2. The summed E-state index contributed by atoms with van der Waals surface area (Å²) < 4.78 is 10.6. The zero-order valence-electron chi connectivity index (χ0n) is 10.5. The van der Waals surface area contributed by atoms with Gasteiger partial charge in [-0.25, -0.2) is 0 Å². The molecule has 2 rings (SSSR count). The van der Waals surface area contributed by atoms with Crippen molar-refractivity contribution in [2.24, 2.45) is 5.73 Å². The van der Waals surface area contributed by atoms with E-state index in [0.29, 0.717) is 12.2 Å².